The van der Waals surface area contributed by atoms with E-state index in [4.69, 9.17) is 12.2 Å². The first-order chi connectivity index (χ1) is 6.46. The van der Waals surface area contributed by atoms with Crippen LogP contribution < -0.4 is 0 Å². The zero-order chi connectivity index (χ0) is 10.8. The molecular formula is C8H11F3N2S. The van der Waals surface area contributed by atoms with Crippen molar-refractivity contribution in [2.75, 3.05) is 0 Å². The Morgan fingerprint density at radius 2 is 2.00 bits per heavy atom. The van der Waals surface area contributed by atoms with Crippen LogP contribution in [0, 0.1) is 4.77 Å². The molecule has 0 saturated carbocycles. The molecule has 0 aliphatic rings. The van der Waals surface area contributed by atoms with Gasteiger partial charge in [-0.2, -0.15) is 0 Å². The van der Waals surface area contributed by atoms with Gasteiger partial charge in [-0.25, -0.2) is 4.57 Å². The SMILES string of the molecule is CCCCn1ccn(C(F)(F)F)c1=S. The molecular weight excluding hydrogens is 213 g/mol. The molecule has 0 bridgehead atoms. The van der Waals surface area contributed by atoms with E-state index < -0.39 is 6.30 Å². The minimum absolute atomic E-state index is 0.151. The van der Waals surface area contributed by atoms with E-state index in [1.165, 1.54) is 10.8 Å². The first-order valence-electron chi connectivity index (χ1n) is 4.31. The largest absolute Gasteiger partial charge is 0.490 e. The van der Waals surface area contributed by atoms with Gasteiger partial charge in [-0.1, -0.05) is 13.3 Å². The molecule has 0 spiro atoms. The smallest absolute Gasteiger partial charge is 0.324 e. The highest BCUT2D eigenvalue weighted by Crippen LogP contribution is 2.22. The lowest BCUT2D eigenvalue weighted by Gasteiger charge is -2.06. The molecule has 6 heteroatoms. The number of halogens is 3. The zero-order valence-electron chi connectivity index (χ0n) is 7.71. The summed E-state index contributed by atoms with van der Waals surface area (Å²) in [5, 5.41) is 0. The van der Waals surface area contributed by atoms with Crippen molar-refractivity contribution < 1.29 is 13.2 Å². The predicted octanol–water partition coefficient (Wildman–Crippen LogP) is 3.30. The van der Waals surface area contributed by atoms with Gasteiger partial charge in [0.15, 0.2) is 4.77 Å². The Labute approximate surface area is 85.0 Å². The van der Waals surface area contributed by atoms with Crippen molar-refractivity contribution in [1.82, 2.24) is 9.13 Å². The number of hydrogen-bond donors (Lipinski definition) is 0. The molecule has 0 radical (unpaired) electrons. The third-order valence-corrected chi connectivity index (χ3v) is 2.30. The minimum Gasteiger partial charge on any atom is -0.324 e. The summed E-state index contributed by atoms with van der Waals surface area (Å²) >= 11 is 4.69. The molecule has 0 atom stereocenters. The maximum absolute atomic E-state index is 12.3. The topological polar surface area (TPSA) is 9.86 Å². The Morgan fingerprint density at radius 1 is 1.36 bits per heavy atom. The van der Waals surface area contributed by atoms with Gasteiger partial charge in [0.2, 0.25) is 0 Å². The Hall–Kier alpha value is -0.780. The molecule has 0 aliphatic carbocycles. The summed E-state index contributed by atoms with van der Waals surface area (Å²) in [5.74, 6) is 0. The summed E-state index contributed by atoms with van der Waals surface area (Å²) in [6.45, 7) is 2.52. The standard InChI is InChI=1S/C8H11F3N2S/c1-2-3-4-12-5-6-13(7(12)14)8(9,10)11/h5-6H,2-4H2,1H3. The second-order valence-corrected chi connectivity index (χ2v) is 3.33. The fourth-order valence-corrected chi connectivity index (χ4v) is 1.42. The fraction of sp³-hybridized carbons (Fsp3) is 0.625. The molecule has 1 aromatic rings. The van der Waals surface area contributed by atoms with Gasteiger partial charge in [-0.3, -0.25) is 0 Å². The van der Waals surface area contributed by atoms with Crippen molar-refractivity contribution >= 4 is 12.2 Å². The molecule has 14 heavy (non-hydrogen) atoms. The van der Waals surface area contributed by atoms with Crippen molar-refractivity contribution in [3.63, 3.8) is 0 Å². The second kappa shape index (κ2) is 4.16. The Balaban J connectivity index is 2.92. The predicted molar refractivity (Wildman–Crippen MR) is 49.5 cm³/mol. The maximum Gasteiger partial charge on any atom is 0.490 e. The zero-order valence-corrected chi connectivity index (χ0v) is 8.53. The molecule has 2 nitrogen and oxygen atoms in total. The van der Waals surface area contributed by atoms with Crippen LogP contribution in [0.15, 0.2) is 12.4 Å². The van der Waals surface area contributed by atoms with Gasteiger partial charge < -0.3 is 4.57 Å². The lowest BCUT2D eigenvalue weighted by molar-refractivity contribution is -0.205. The van der Waals surface area contributed by atoms with E-state index >= 15 is 0 Å². The Kier molecular flexibility index (Phi) is 3.36. The monoisotopic (exact) mass is 224 g/mol. The first-order valence-corrected chi connectivity index (χ1v) is 4.72. The molecule has 0 fully saturated rings. The molecule has 0 aromatic carbocycles. The van der Waals surface area contributed by atoms with Gasteiger partial charge in [0, 0.05) is 18.9 Å². The molecule has 1 rings (SSSR count). The summed E-state index contributed by atoms with van der Waals surface area (Å²) in [7, 11) is 0. The van der Waals surface area contributed by atoms with E-state index in [1.807, 2.05) is 6.92 Å². The molecule has 0 unspecified atom stereocenters. The van der Waals surface area contributed by atoms with E-state index in [0.717, 1.165) is 19.0 Å². The Morgan fingerprint density at radius 3 is 2.43 bits per heavy atom. The third-order valence-electron chi connectivity index (χ3n) is 1.87. The number of aryl methyl sites for hydroxylation is 1. The first kappa shape index (κ1) is 11.3. The number of aromatic nitrogens is 2. The molecule has 80 valence electrons. The van der Waals surface area contributed by atoms with Gasteiger partial charge in [0.1, 0.15) is 0 Å². The lowest BCUT2D eigenvalue weighted by Crippen LogP contribution is -2.16. The maximum atomic E-state index is 12.3. The number of imidazole rings is 1. The van der Waals surface area contributed by atoms with Crippen LogP contribution in [0.25, 0.3) is 0 Å². The van der Waals surface area contributed by atoms with Crippen LogP contribution in [0.5, 0.6) is 0 Å². The van der Waals surface area contributed by atoms with Gasteiger partial charge >= 0.3 is 6.30 Å². The van der Waals surface area contributed by atoms with Crippen molar-refractivity contribution in [3.8, 4) is 0 Å². The number of alkyl halides is 3. The molecule has 1 aromatic heterocycles. The van der Waals surface area contributed by atoms with Crippen molar-refractivity contribution in [2.24, 2.45) is 0 Å². The molecule has 0 saturated heterocycles. The summed E-state index contributed by atoms with van der Waals surface area (Å²) in [4.78, 5) is 0. The van der Waals surface area contributed by atoms with Gasteiger partial charge in [-0.05, 0) is 18.6 Å². The highest BCUT2D eigenvalue weighted by molar-refractivity contribution is 7.71. The van der Waals surface area contributed by atoms with Crippen LogP contribution in [0.2, 0.25) is 0 Å². The van der Waals surface area contributed by atoms with Crippen LogP contribution in [0.3, 0.4) is 0 Å². The second-order valence-electron chi connectivity index (χ2n) is 2.97. The summed E-state index contributed by atoms with van der Waals surface area (Å²) in [5.41, 5.74) is 0. The molecule has 0 aliphatic heterocycles. The van der Waals surface area contributed by atoms with Gasteiger partial charge in [-0.15, -0.1) is 13.2 Å². The van der Waals surface area contributed by atoms with E-state index in [-0.39, 0.29) is 9.34 Å². The van der Waals surface area contributed by atoms with E-state index in [1.54, 1.807) is 0 Å². The van der Waals surface area contributed by atoms with Crippen LogP contribution in [-0.2, 0) is 12.8 Å². The van der Waals surface area contributed by atoms with Crippen LogP contribution in [-0.4, -0.2) is 9.13 Å². The van der Waals surface area contributed by atoms with E-state index in [9.17, 15) is 13.2 Å². The van der Waals surface area contributed by atoms with E-state index in [0.29, 0.717) is 6.54 Å². The van der Waals surface area contributed by atoms with Crippen LogP contribution in [0.4, 0.5) is 13.2 Å². The number of rotatable bonds is 3. The highest BCUT2D eigenvalue weighted by Gasteiger charge is 2.31. The average Bonchev–Trinajstić information content (AvgIpc) is 2.42. The summed E-state index contributed by atoms with van der Waals surface area (Å²) < 4.78 is 38.2. The summed E-state index contributed by atoms with van der Waals surface area (Å²) in [6.07, 6.45) is -0.326. The molecule has 1 heterocycles. The highest BCUT2D eigenvalue weighted by atomic mass is 32.1. The summed E-state index contributed by atoms with van der Waals surface area (Å²) in [6, 6.07) is 0. The fourth-order valence-electron chi connectivity index (χ4n) is 1.10. The van der Waals surface area contributed by atoms with E-state index in [2.05, 4.69) is 0 Å². The van der Waals surface area contributed by atoms with Crippen molar-refractivity contribution in [3.05, 3.63) is 17.2 Å². The van der Waals surface area contributed by atoms with Crippen molar-refractivity contribution in [1.29, 1.82) is 0 Å². The normalized spacial score (nSPS) is 12.0. The van der Waals surface area contributed by atoms with Gasteiger partial charge in [0.25, 0.3) is 0 Å². The molecule has 0 amide bonds. The minimum atomic E-state index is -4.41. The van der Waals surface area contributed by atoms with Crippen molar-refractivity contribution in [2.45, 2.75) is 32.6 Å². The number of hydrogen-bond acceptors (Lipinski definition) is 1. The lowest BCUT2D eigenvalue weighted by atomic mass is 10.3. The average molecular weight is 224 g/mol. The van der Waals surface area contributed by atoms with Gasteiger partial charge in [0.05, 0.1) is 0 Å². The number of nitrogens with zero attached hydrogens (tertiary/aromatic N) is 2. The molecule has 0 N–H and O–H groups in total. The third kappa shape index (κ3) is 2.37. The Bertz CT molecular complexity index is 350. The number of unbranched alkanes of at least 4 members (excludes halogenated alkanes) is 1. The van der Waals surface area contributed by atoms with Crippen LogP contribution >= 0.6 is 12.2 Å². The van der Waals surface area contributed by atoms with Crippen LogP contribution in [0.1, 0.15) is 19.8 Å². The quantitative estimate of drug-likeness (QED) is 0.716.